The molecule has 4 atom stereocenters. The molecule has 4 aliphatic carbocycles. The van der Waals surface area contributed by atoms with E-state index in [-0.39, 0.29) is 12.2 Å². The Morgan fingerprint density at radius 3 is 1.97 bits per heavy atom. The van der Waals surface area contributed by atoms with Gasteiger partial charge in [-0.3, -0.25) is 9.59 Å². The summed E-state index contributed by atoms with van der Waals surface area (Å²) < 4.78 is 34.8. The van der Waals surface area contributed by atoms with Crippen LogP contribution in [0, 0.1) is 17.3 Å². The Balaban J connectivity index is 2.59. The molecular formula is C24H32O8. The van der Waals surface area contributed by atoms with Gasteiger partial charge in [-0.05, 0) is 31.1 Å². The van der Waals surface area contributed by atoms with Crippen molar-refractivity contribution in [3.8, 4) is 0 Å². The monoisotopic (exact) mass is 448 g/mol. The van der Waals surface area contributed by atoms with Gasteiger partial charge in [-0.2, -0.15) is 0 Å². The van der Waals surface area contributed by atoms with Crippen LogP contribution in [-0.2, 0) is 38.0 Å². The average Bonchev–Trinajstić information content (AvgIpc) is 2.81. The normalized spacial score (nSPS) is 34.8. The fraction of sp³-hybridized carbons (Fsp3) is 0.583. The maximum atomic E-state index is 14.2. The third kappa shape index (κ3) is 2.55. The molecule has 4 aliphatic rings. The standard InChI is InChI=1S/C24H32O8/c1-9-11-15-13-22(28-4)20(26)23(29-5,30-6)17(15)18-21(22,12-10-2)14-16(27-3)19(25)24(18,31-7)32-8/h9-11,13-14,17-18H,2,12H2,1,3-8H3/b11-9+/t17-,18-,21-,22+/m0/s1. The molecule has 1 saturated carbocycles. The molecule has 0 N–H and O–H groups in total. The van der Waals surface area contributed by atoms with Gasteiger partial charge in [0.1, 0.15) is 0 Å². The van der Waals surface area contributed by atoms with Crippen LogP contribution in [0.4, 0.5) is 0 Å². The van der Waals surface area contributed by atoms with E-state index in [2.05, 4.69) is 6.58 Å². The number of hydrogen-bond acceptors (Lipinski definition) is 8. The fourth-order valence-corrected chi connectivity index (χ4v) is 6.12. The summed E-state index contributed by atoms with van der Waals surface area (Å²) in [5.74, 6) is -6.00. The molecule has 2 bridgehead atoms. The Morgan fingerprint density at radius 2 is 1.53 bits per heavy atom. The van der Waals surface area contributed by atoms with Crippen molar-refractivity contribution >= 4 is 11.6 Å². The summed E-state index contributed by atoms with van der Waals surface area (Å²) in [7, 11) is 8.42. The van der Waals surface area contributed by atoms with Crippen molar-refractivity contribution in [3.05, 3.63) is 48.3 Å². The van der Waals surface area contributed by atoms with Crippen LogP contribution in [0.2, 0.25) is 0 Å². The molecule has 0 aromatic carbocycles. The van der Waals surface area contributed by atoms with Crippen molar-refractivity contribution in [2.24, 2.45) is 17.3 Å². The van der Waals surface area contributed by atoms with Crippen LogP contribution in [0.25, 0.3) is 0 Å². The Hall–Kier alpha value is -2.10. The van der Waals surface area contributed by atoms with E-state index < -0.39 is 46.0 Å². The number of methoxy groups -OCH3 is 6. The minimum Gasteiger partial charge on any atom is -0.493 e. The van der Waals surface area contributed by atoms with Crippen LogP contribution >= 0.6 is 0 Å². The molecule has 0 aromatic heterocycles. The molecule has 32 heavy (non-hydrogen) atoms. The van der Waals surface area contributed by atoms with Gasteiger partial charge in [0.05, 0.1) is 13.0 Å². The minimum atomic E-state index is -1.80. The van der Waals surface area contributed by atoms with Gasteiger partial charge in [-0.15, -0.1) is 6.58 Å². The summed E-state index contributed by atoms with van der Waals surface area (Å²) in [6, 6.07) is 0. The van der Waals surface area contributed by atoms with Crippen molar-refractivity contribution in [3.63, 3.8) is 0 Å². The predicted molar refractivity (Wildman–Crippen MR) is 115 cm³/mol. The highest BCUT2D eigenvalue weighted by atomic mass is 16.7. The van der Waals surface area contributed by atoms with Gasteiger partial charge in [0.15, 0.2) is 11.4 Å². The number of hydrogen-bond donors (Lipinski definition) is 0. The summed E-state index contributed by atoms with van der Waals surface area (Å²) >= 11 is 0. The molecule has 8 heteroatoms. The van der Waals surface area contributed by atoms with Crippen molar-refractivity contribution < 1.29 is 38.0 Å². The molecule has 0 saturated heterocycles. The SMILES string of the molecule is C=CC[C@]12C=C(OC)C(=O)C(OC)(OC)[C@H]1[C@@H]1C(/C=C/C)=C[C@@]2(OC)C(=O)C1(OC)OC. The number of carbonyl (C=O) groups excluding carboxylic acids is 2. The van der Waals surface area contributed by atoms with E-state index in [1.807, 2.05) is 19.1 Å². The maximum absolute atomic E-state index is 14.2. The van der Waals surface area contributed by atoms with E-state index >= 15 is 0 Å². The second-order valence-corrected chi connectivity index (χ2v) is 8.10. The van der Waals surface area contributed by atoms with Gasteiger partial charge < -0.3 is 28.4 Å². The number of ether oxygens (including phenoxy) is 6. The second kappa shape index (κ2) is 8.35. The van der Waals surface area contributed by atoms with E-state index in [1.54, 1.807) is 18.2 Å². The van der Waals surface area contributed by atoms with Crippen molar-refractivity contribution in [1.82, 2.24) is 0 Å². The first-order chi connectivity index (χ1) is 15.3. The lowest BCUT2D eigenvalue weighted by molar-refractivity contribution is -0.329. The average molecular weight is 449 g/mol. The third-order valence-corrected chi connectivity index (χ3v) is 7.31. The van der Waals surface area contributed by atoms with Crippen molar-refractivity contribution in [2.45, 2.75) is 30.5 Å². The molecule has 0 radical (unpaired) electrons. The molecular weight excluding hydrogens is 416 g/mol. The predicted octanol–water partition coefficient (Wildman–Crippen LogP) is 2.36. The summed E-state index contributed by atoms with van der Waals surface area (Å²) in [5, 5.41) is 0. The van der Waals surface area contributed by atoms with Crippen LogP contribution in [0.1, 0.15) is 13.3 Å². The zero-order chi connectivity index (χ0) is 23.9. The zero-order valence-corrected chi connectivity index (χ0v) is 19.7. The number of ketones is 2. The first-order valence-electron chi connectivity index (χ1n) is 10.3. The van der Waals surface area contributed by atoms with E-state index in [9.17, 15) is 9.59 Å². The molecule has 0 aliphatic heterocycles. The van der Waals surface area contributed by atoms with Crippen LogP contribution in [-0.4, -0.2) is 71.4 Å². The summed E-state index contributed by atoms with van der Waals surface area (Å²) in [6.45, 7) is 5.77. The van der Waals surface area contributed by atoms with E-state index in [0.29, 0.717) is 5.57 Å². The Bertz CT molecular complexity index is 892. The fourth-order valence-electron chi connectivity index (χ4n) is 6.12. The number of Topliss-reactive ketones (excluding diaryl/α,β-unsaturated/α-hetero) is 2. The molecule has 1 fully saturated rings. The van der Waals surface area contributed by atoms with Gasteiger partial charge in [0, 0.05) is 46.9 Å². The highest BCUT2D eigenvalue weighted by molar-refractivity contribution is 6.05. The first kappa shape index (κ1) is 24.5. The molecule has 176 valence electrons. The lowest BCUT2D eigenvalue weighted by atomic mass is 9.41. The van der Waals surface area contributed by atoms with E-state index in [4.69, 9.17) is 28.4 Å². The quantitative estimate of drug-likeness (QED) is 0.392. The summed E-state index contributed by atoms with van der Waals surface area (Å²) in [5.41, 5.74) is -2.01. The zero-order valence-electron chi connectivity index (χ0n) is 19.7. The number of rotatable bonds is 9. The third-order valence-electron chi connectivity index (χ3n) is 7.31. The molecule has 0 heterocycles. The topological polar surface area (TPSA) is 89.5 Å². The molecule has 0 unspecified atom stereocenters. The van der Waals surface area contributed by atoms with Crippen molar-refractivity contribution in [1.29, 1.82) is 0 Å². The van der Waals surface area contributed by atoms with E-state index in [0.717, 1.165) is 0 Å². The van der Waals surface area contributed by atoms with Gasteiger partial charge in [0.2, 0.25) is 17.4 Å². The largest absolute Gasteiger partial charge is 0.493 e. The number of fused-ring (bicyclic) bond motifs is 1. The highest BCUT2D eigenvalue weighted by Crippen LogP contribution is 2.68. The van der Waals surface area contributed by atoms with Gasteiger partial charge in [0.25, 0.3) is 5.78 Å². The van der Waals surface area contributed by atoms with Crippen LogP contribution in [0.3, 0.4) is 0 Å². The molecule has 8 nitrogen and oxygen atoms in total. The number of allylic oxidation sites excluding steroid dienone is 3. The smallest absolute Gasteiger partial charge is 0.256 e. The van der Waals surface area contributed by atoms with Gasteiger partial charge in [-0.25, -0.2) is 0 Å². The minimum absolute atomic E-state index is 0.0185. The lowest BCUT2D eigenvalue weighted by Crippen LogP contribution is -2.81. The molecule has 4 rings (SSSR count). The summed E-state index contributed by atoms with van der Waals surface area (Å²) in [6.07, 6.45) is 9.09. The van der Waals surface area contributed by atoms with Crippen molar-refractivity contribution in [2.75, 3.05) is 42.7 Å². The summed E-state index contributed by atoms with van der Waals surface area (Å²) in [4.78, 5) is 27.8. The lowest BCUT2D eigenvalue weighted by Gasteiger charge is -2.67. The molecule has 0 amide bonds. The van der Waals surface area contributed by atoms with Crippen LogP contribution in [0.15, 0.2) is 48.3 Å². The number of carbonyl (C=O) groups is 2. The van der Waals surface area contributed by atoms with Gasteiger partial charge >= 0.3 is 0 Å². The first-order valence-corrected chi connectivity index (χ1v) is 10.3. The molecule has 0 aromatic rings. The Labute approximate surface area is 188 Å². The Morgan fingerprint density at radius 1 is 0.938 bits per heavy atom. The van der Waals surface area contributed by atoms with Gasteiger partial charge in [-0.1, -0.05) is 18.2 Å². The van der Waals surface area contributed by atoms with Crippen LogP contribution < -0.4 is 0 Å². The van der Waals surface area contributed by atoms with E-state index in [1.165, 1.54) is 42.7 Å². The molecule has 0 spiro atoms. The second-order valence-electron chi connectivity index (χ2n) is 8.10. The van der Waals surface area contributed by atoms with Crippen LogP contribution in [0.5, 0.6) is 0 Å². The highest BCUT2D eigenvalue weighted by Gasteiger charge is 2.82. The Kier molecular flexibility index (Phi) is 6.40. The maximum Gasteiger partial charge on any atom is 0.256 e.